The fraction of sp³-hybridized carbons (Fsp3) is 0.438. The van der Waals surface area contributed by atoms with Gasteiger partial charge in [-0.3, -0.25) is 4.79 Å². The smallest absolute Gasteiger partial charge is 0.160 e. The third kappa shape index (κ3) is 2.46. The predicted molar refractivity (Wildman–Crippen MR) is 79.6 cm³/mol. The zero-order valence-corrected chi connectivity index (χ0v) is 12.0. The highest BCUT2D eigenvalue weighted by molar-refractivity contribution is 7.18. The highest BCUT2D eigenvalue weighted by atomic mass is 32.1. The first-order chi connectivity index (χ1) is 9.79. The first kappa shape index (κ1) is 13.3. The summed E-state index contributed by atoms with van der Waals surface area (Å²) in [5, 5.41) is 10.1. The molecule has 1 heterocycles. The molecule has 1 aliphatic rings. The third-order valence-corrected chi connectivity index (χ3v) is 5.08. The van der Waals surface area contributed by atoms with Crippen LogP contribution in [0.2, 0.25) is 0 Å². The van der Waals surface area contributed by atoms with Crippen molar-refractivity contribution in [1.29, 1.82) is 5.26 Å². The molecule has 2 aromatic rings. The minimum absolute atomic E-state index is 0.0559. The Bertz CT molecular complexity index is 631. The first-order valence-electron chi connectivity index (χ1n) is 7.08. The van der Waals surface area contributed by atoms with Gasteiger partial charge in [0, 0.05) is 5.92 Å². The van der Waals surface area contributed by atoms with E-state index in [2.05, 4.69) is 11.1 Å². The molecule has 0 N–H and O–H groups in total. The van der Waals surface area contributed by atoms with Gasteiger partial charge in [0.1, 0.15) is 5.01 Å². The molecule has 102 valence electrons. The monoisotopic (exact) mass is 284 g/mol. The number of para-hydroxylation sites is 1. The van der Waals surface area contributed by atoms with Gasteiger partial charge in [-0.15, -0.1) is 11.3 Å². The average Bonchev–Trinajstić information content (AvgIpc) is 2.92. The number of ketones is 1. The summed E-state index contributed by atoms with van der Waals surface area (Å²) < 4.78 is 1.04. The number of nitrogens with zero attached hydrogens (tertiary/aromatic N) is 2. The molecule has 1 atom stereocenters. The number of carbonyl (C=O) groups is 1. The molecule has 1 saturated carbocycles. The van der Waals surface area contributed by atoms with Crippen LogP contribution in [0.5, 0.6) is 0 Å². The molecule has 1 fully saturated rings. The van der Waals surface area contributed by atoms with Crippen molar-refractivity contribution in [2.24, 2.45) is 5.92 Å². The van der Waals surface area contributed by atoms with Crippen LogP contribution in [0.1, 0.15) is 43.0 Å². The van der Waals surface area contributed by atoms with Gasteiger partial charge in [0.25, 0.3) is 0 Å². The molecule has 0 radical (unpaired) electrons. The summed E-state index contributed by atoms with van der Waals surface area (Å²) in [6, 6.07) is 9.96. The summed E-state index contributed by atoms with van der Waals surface area (Å²) in [5.41, 5.74) is 0.879. The zero-order valence-electron chi connectivity index (χ0n) is 11.2. The second kappa shape index (κ2) is 5.72. The van der Waals surface area contributed by atoms with Gasteiger partial charge < -0.3 is 0 Å². The number of nitriles is 1. The fourth-order valence-electron chi connectivity index (χ4n) is 2.88. The number of aromatic nitrogens is 1. The van der Waals surface area contributed by atoms with Crippen molar-refractivity contribution in [2.75, 3.05) is 0 Å². The lowest BCUT2D eigenvalue weighted by Crippen LogP contribution is -2.23. The maximum atomic E-state index is 12.6. The van der Waals surface area contributed by atoms with Crippen molar-refractivity contribution in [3.8, 4) is 6.07 Å². The quantitative estimate of drug-likeness (QED) is 0.854. The molecule has 0 bridgehead atoms. The first-order valence-corrected chi connectivity index (χ1v) is 7.90. The van der Waals surface area contributed by atoms with Crippen LogP contribution in [0.4, 0.5) is 0 Å². The van der Waals surface area contributed by atoms with E-state index in [0.717, 1.165) is 35.9 Å². The minimum Gasteiger partial charge on any atom is -0.297 e. The summed E-state index contributed by atoms with van der Waals surface area (Å²) in [6.07, 6.45) is 5.29. The fourth-order valence-corrected chi connectivity index (χ4v) is 3.90. The van der Waals surface area contributed by atoms with Crippen LogP contribution in [0.15, 0.2) is 24.3 Å². The van der Waals surface area contributed by atoms with Gasteiger partial charge in [-0.1, -0.05) is 31.4 Å². The summed E-state index contributed by atoms with van der Waals surface area (Å²) in [4.78, 5) is 17.0. The Kier molecular flexibility index (Phi) is 3.79. The van der Waals surface area contributed by atoms with Crippen molar-refractivity contribution in [3.05, 3.63) is 29.3 Å². The number of fused-ring (bicyclic) bond motifs is 1. The van der Waals surface area contributed by atoms with Crippen LogP contribution in [0, 0.1) is 17.2 Å². The SMILES string of the molecule is N#CC(C(=O)C1CCCCC1)c1nc2ccccc2s1. The summed E-state index contributed by atoms with van der Waals surface area (Å²) in [7, 11) is 0. The molecule has 1 unspecified atom stereocenters. The summed E-state index contributed by atoms with van der Waals surface area (Å²) in [5.74, 6) is -0.554. The molecule has 3 rings (SSSR count). The van der Waals surface area contributed by atoms with E-state index >= 15 is 0 Å². The molecule has 0 aliphatic heterocycles. The van der Waals surface area contributed by atoms with Crippen molar-refractivity contribution in [1.82, 2.24) is 4.98 Å². The van der Waals surface area contributed by atoms with E-state index < -0.39 is 5.92 Å². The van der Waals surface area contributed by atoms with Gasteiger partial charge in [-0.2, -0.15) is 5.26 Å². The van der Waals surface area contributed by atoms with E-state index in [1.165, 1.54) is 17.8 Å². The molecule has 0 amide bonds. The van der Waals surface area contributed by atoms with Gasteiger partial charge >= 0.3 is 0 Å². The lowest BCUT2D eigenvalue weighted by molar-refractivity contribution is -0.124. The second-order valence-electron chi connectivity index (χ2n) is 5.32. The van der Waals surface area contributed by atoms with E-state index in [9.17, 15) is 10.1 Å². The van der Waals surface area contributed by atoms with Crippen LogP contribution in [-0.4, -0.2) is 10.8 Å². The summed E-state index contributed by atoms with van der Waals surface area (Å²) in [6.45, 7) is 0. The Morgan fingerprint density at radius 2 is 2.05 bits per heavy atom. The van der Waals surface area contributed by atoms with Crippen LogP contribution >= 0.6 is 11.3 Å². The molecule has 0 saturated heterocycles. The van der Waals surface area contributed by atoms with Gasteiger partial charge in [0.15, 0.2) is 11.7 Å². The summed E-state index contributed by atoms with van der Waals surface area (Å²) >= 11 is 1.47. The lowest BCUT2D eigenvalue weighted by atomic mass is 9.82. The van der Waals surface area contributed by atoms with Crippen molar-refractivity contribution in [3.63, 3.8) is 0 Å². The number of thiazole rings is 1. The normalized spacial score (nSPS) is 17.8. The Morgan fingerprint density at radius 3 is 2.75 bits per heavy atom. The number of benzene rings is 1. The van der Waals surface area contributed by atoms with Crippen molar-refractivity contribution >= 4 is 27.3 Å². The Morgan fingerprint density at radius 1 is 1.30 bits per heavy atom. The van der Waals surface area contributed by atoms with E-state index in [0.29, 0.717) is 5.01 Å². The maximum Gasteiger partial charge on any atom is 0.160 e. The molecule has 1 aliphatic carbocycles. The number of rotatable bonds is 3. The molecular formula is C16H16N2OS. The number of carbonyl (C=O) groups excluding carboxylic acids is 1. The molecular weight excluding hydrogens is 268 g/mol. The lowest BCUT2D eigenvalue weighted by Gasteiger charge is -2.21. The van der Waals surface area contributed by atoms with E-state index in [-0.39, 0.29) is 11.7 Å². The number of hydrogen-bond acceptors (Lipinski definition) is 4. The van der Waals surface area contributed by atoms with Gasteiger partial charge in [-0.05, 0) is 25.0 Å². The Balaban J connectivity index is 1.89. The Hall–Kier alpha value is -1.73. The molecule has 4 heteroatoms. The van der Waals surface area contributed by atoms with Gasteiger partial charge in [-0.25, -0.2) is 4.98 Å². The van der Waals surface area contributed by atoms with Crippen LogP contribution < -0.4 is 0 Å². The van der Waals surface area contributed by atoms with E-state index in [4.69, 9.17) is 0 Å². The van der Waals surface area contributed by atoms with Crippen molar-refractivity contribution in [2.45, 2.75) is 38.0 Å². The largest absolute Gasteiger partial charge is 0.297 e. The standard InChI is InChI=1S/C16H16N2OS/c17-10-12(15(19)11-6-2-1-3-7-11)16-18-13-8-4-5-9-14(13)20-16/h4-5,8-9,11-12H,1-3,6-7H2. The predicted octanol–water partition coefficient (Wildman–Crippen LogP) is 4.05. The van der Waals surface area contributed by atoms with Gasteiger partial charge in [0.05, 0.1) is 16.3 Å². The number of hydrogen-bond donors (Lipinski definition) is 0. The third-order valence-electron chi connectivity index (χ3n) is 3.98. The van der Waals surface area contributed by atoms with Crippen LogP contribution in [0.3, 0.4) is 0 Å². The molecule has 1 aromatic carbocycles. The molecule has 3 nitrogen and oxygen atoms in total. The van der Waals surface area contributed by atoms with Crippen molar-refractivity contribution < 1.29 is 4.79 Å². The van der Waals surface area contributed by atoms with E-state index in [1.54, 1.807) is 0 Å². The van der Waals surface area contributed by atoms with Gasteiger partial charge in [0.2, 0.25) is 0 Å². The topological polar surface area (TPSA) is 53.8 Å². The zero-order chi connectivity index (χ0) is 13.9. The maximum absolute atomic E-state index is 12.6. The Labute approximate surface area is 122 Å². The van der Waals surface area contributed by atoms with E-state index in [1.807, 2.05) is 24.3 Å². The second-order valence-corrected chi connectivity index (χ2v) is 6.38. The molecule has 20 heavy (non-hydrogen) atoms. The average molecular weight is 284 g/mol. The van der Waals surface area contributed by atoms with Crippen LogP contribution in [0.25, 0.3) is 10.2 Å². The molecule has 1 aromatic heterocycles. The number of Topliss-reactive ketones (excluding diaryl/α,β-unsaturated/α-hetero) is 1. The highest BCUT2D eigenvalue weighted by Crippen LogP contribution is 2.33. The molecule has 0 spiro atoms. The van der Waals surface area contributed by atoms with Crippen LogP contribution in [-0.2, 0) is 4.79 Å². The highest BCUT2D eigenvalue weighted by Gasteiger charge is 2.31. The minimum atomic E-state index is -0.685.